The molecule has 2 aromatic carbocycles. The van der Waals surface area contributed by atoms with Crippen LogP contribution in [0.15, 0.2) is 36.4 Å². The Kier molecular flexibility index (Phi) is 4.85. The van der Waals surface area contributed by atoms with Gasteiger partial charge in [0.25, 0.3) is 5.91 Å². The lowest BCUT2D eigenvalue weighted by molar-refractivity contribution is -0.121. The molecule has 2 heterocycles. The van der Waals surface area contributed by atoms with E-state index in [2.05, 4.69) is 5.32 Å². The van der Waals surface area contributed by atoms with Crippen molar-refractivity contribution in [3.8, 4) is 11.5 Å². The fraction of sp³-hybridized carbons (Fsp3) is 0.300. The van der Waals surface area contributed by atoms with Crippen molar-refractivity contribution < 1.29 is 27.8 Å². The van der Waals surface area contributed by atoms with Gasteiger partial charge in [-0.05, 0) is 43.2 Å². The Labute approximate surface area is 160 Å². The Balaban J connectivity index is 1.36. The first-order chi connectivity index (χ1) is 13.5. The van der Waals surface area contributed by atoms with E-state index in [1.807, 2.05) is 0 Å². The SMILES string of the molecule is O=C(Nc1c(F)cccc1F)C1CCN(C(=O)c2ccc3c(c2)OCO3)CC1. The first-order valence-electron chi connectivity index (χ1n) is 8.97. The van der Waals surface area contributed by atoms with Crippen LogP contribution in [0.3, 0.4) is 0 Å². The fourth-order valence-electron chi connectivity index (χ4n) is 3.40. The first-order valence-corrected chi connectivity index (χ1v) is 8.97. The van der Waals surface area contributed by atoms with E-state index >= 15 is 0 Å². The van der Waals surface area contributed by atoms with E-state index in [-0.39, 0.29) is 12.7 Å². The maximum atomic E-state index is 13.7. The van der Waals surface area contributed by atoms with Gasteiger partial charge in [0.1, 0.15) is 17.3 Å². The zero-order chi connectivity index (χ0) is 19.7. The van der Waals surface area contributed by atoms with Gasteiger partial charge >= 0.3 is 0 Å². The molecule has 0 atom stereocenters. The molecule has 0 saturated carbocycles. The minimum absolute atomic E-state index is 0.135. The molecule has 4 rings (SSSR count). The normalized spacial score (nSPS) is 16.1. The van der Waals surface area contributed by atoms with E-state index in [4.69, 9.17) is 9.47 Å². The van der Waals surface area contributed by atoms with Crippen molar-refractivity contribution in [2.45, 2.75) is 12.8 Å². The van der Waals surface area contributed by atoms with Gasteiger partial charge in [-0.15, -0.1) is 0 Å². The molecule has 0 spiro atoms. The molecule has 0 aliphatic carbocycles. The number of ether oxygens (including phenoxy) is 2. The number of anilines is 1. The molecular weight excluding hydrogens is 370 g/mol. The summed E-state index contributed by atoms with van der Waals surface area (Å²) in [6.45, 7) is 0.895. The Bertz CT molecular complexity index is 906. The summed E-state index contributed by atoms with van der Waals surface area (Å²) in [4.78, 5) is 26.7. The summed E-state index contributed by atoms with van der Waals surface area (Å²) in [5.41, 5.74) is 0.0481. The summed E-state index contributed by atoms with van der Waals surface area (Å²) in [6.07, 6.45) is 0.830. The minimum atomic E-state index is -0.816. The molecule has 2 amide bonds. The maximum Gasteiger partial charge on any atom is 0.253 e. The van der Waals surface area contributed by atoms with E-state index in [0.29, 0.717) is 43.0 Å². The molecule has 6 nitrogen and oxygen atoms in total. The van der Waals surface area contributed by atoms with Crippen molar-refractivity contribution in [3.05, 3.63) is 53.6 Å². The predicted molar refractivity (Wildman–Crippen MR) is 96.2 cm³/mol. The number of fused-ring (bicyclic) bond motifs is 1. The number of rotatable bonds is 3. The number of halogens is 2. The summed E-state index contributed by atoms with van der Waals surface area (Å²) in [5.74, 6) is -1.51. The zero-order valence-electron chi connectivity index (χ0n) is 14.9. The number of piperidine rings is 1. The molecule has 0 unspecified atom stereocenters. The molecule has 146 valence electrons. The first kappa shape index (κ1) is 18.2. The molecule has 1 saturated heterocycles. The van der Waals surface area contributed by atoms with Crippen LogP contribution in [0.25, 0.3) is 0 Å². The fourth-order valence-corrected chi connectivity index (χ4v) is 3.40. The van der Waals surface area contributed by atoms with Crippen LogP contribution >= 0.6 is 0 Å². The van der Waals surface area contributed by atoms with Gasteiger partial charge in [0.15, 0.2) is 11.5 Å². The van der Waals surface area contributed by atoms with Crippen LogP contribution in [0.5, 0.6) is 11.5 Å². The number of carbonyl (C=O) groups is 2. The smallest absolute Gasteiger partial charge is 0.253 e. The predicted octanol–water partition coefficient (Wildman–Crippen LogP) is 3.18. The third-order valence-corrected chi connectivity index (χ3v) is 4.98. The van der Waals surface area contributed by atoms with Gasteiger partial charge in [-0.3, -0.25) is 9.59 Å². The quantitative estimate of drug-likeness (QED) is 0.877. The van der Waals surface area contributed by atoms with Crippen LogP contribution < -0.4 is 14.8 Å². The third-order valence-electron chi connectivity index (χ3n) is 4.98. The second-order valence-electron chi connectivity index (χ2n) is 6.72. The van der Waals surface area contributed by atoms with E-state index in [1.54, 1.807) is 23.1 Å². The lowest BCUT2D eigenvalue weighted by Crippen LogP contribution is -2.41. The van der Waals surface area contributed by atoms with Gasteiger partial charge in [-0.1, -0.05) is 6.07 Å². The topological polar surface area (TPSA) is 67.9 Å². The van der Waals surface area contributed by atoms with E-state index in [0.717, 1.165) is 12.1 Å². The van der Waals surface area contributed by atoms with Gasteiger partial charge in [0.05, 0.1) is 0 Å². The van der Waals surface area contributed by atoms with Crippen molar-refractivity contribution in [3.63, 3.8) is 0 Å². The zero-order valence-corrected chi connectivity index (χ0v) is 14.9. The van der Waals surface area contributed by atoms with Crippen LogP contribution in [0, 0.1) is 17.6 Å². The Morgan fingerprint density at radius 2 is 1.68 bits per heavy atom. The maximum absolute atomic E-state index is 13.7. The molecule has 1 fully saturated rings. The second-order valence-corrected chi connectivity index (χ2v) is 6.72. The highest BCUT2D eigenvalue weighted by Crippen LogP contribution is 2.33. The highest BCUT2D eigenvalue weighted by molar-refractivity contribution is 5.96. The molecule has 28 heavy (non-hydrogen) atoms. The molecule has 0 bridgehead atoms. The average molecular weight is 388 g/mol. The Morgan fingerprint density at radius 1 is 1.00 bits per heavy atom. The van der Waals surface area contributed by atoms with Gasteiger partial charge in [0, 0.05) is 24.6 Å². The number of hydrogen-bond donors (Lipinski definition) is 1. The van der Waals surface area contributed by atoms with Crippen LogP contribution in [-0.2, 0) is 4.79 Å². The van der Waals surface area contributed by atoms with Crippen LogP contribution in [-0.4, -0.2) is 36.6 Å². The minimum Gasteiger partial charge on any atom is -0.454 e. The van der Waals surface area contributed by atoms with Gasteiger partial charge < -0.3 is 19.7 Å². The van der Waals surface area contributed by atoms with Crippen molar-refractivity contribution in [2.75, 3.05) is 25.2 Å². The number of nitrogens with one attached hydrogen (secondary N) is 1. The van der Waals surface area contributed by atoms with Gasteiger partial charge in [-0.25, -0.2) is 8.78 Å². The standard InChI is InChI=1S/C20H18F2N2O4/c21-14-2-1-3-15(22)18(14)23-19(25)12-6-8-24(9-7-12)20(26)13-4-5-16-17(10-13)28-11-27-16/h1-5,10,12H,6-9,11H2,(H,23,25). The average Bonchev–Trinajstić information content (AvgIpc) is 3.18. The largest absolute Gasteiger partial charge is 0.454 e. The molecule has 2 aliphatic heterocycles. The summed E-state index contributed by atoms with van der Waals surface area (Å²) in [7, 11) is 0. The summed E-state index contributed by atoms with van der Waals surface area (Å²) >= 11 is 0. The van der Waals surface area contributed by atoms with Crippen molar-refractivity contribution in [1.82, 2.24) is 4.90 Å². The van der Waals surface area contributed by atoms with Gasteiger partial charge in [-0.2, -0.15) is 0 Å². The number of benzene rings is 2. The number of para-hydroxylation sites is 1. The number of nitrogens with zero attached hydrogens (tertiary/aromatic N) is 1. The Morgan fingerprint density at radius 3 is 2.39 bits per heavy atom. The molecule has 2 aromatic rings. The molecule has 0 aromatic heterocycles. The van der Waals surface area contributed by atoms with E-state index in [1.165, 1.54) is 6.07 Å². The second kappa shape index (κ2) is 7.46. The van der Waals surface area contributed by atoms with Crippen molar-refractivity contribution in [1.29, 1.82) is 0 Å². The van der Waals surface area contributed by atoms with Crippen LogP contribution in [0.2, 0.25) is 0 Å². The van der Waals surface area contributed by atoms with Crippen LogP contribution in [0.4, 0.5) is 14.5 Å². The lowest BCUT2D eigenvalue weighted by atomic mass is 9.95. The van der Waals surface area contributed by atoms with Crippen LogP contribution in [0.1, 0.15) is 23.2 Å². The number of carbonyl (C=O) groups excluding carboxylic acids is 2. The lowest BCUT2D eigenvalue weighted by Gasteiger charge is -2.31. The number of likely N-dealkylation sites (tertiary alicyclic amines) is 1. The van der Waals surface area contributed by atoms with E-state index in [9.17, 15) is 18.4 Å². The van der Waals surface area contributed by atoms with Gasteiger partial charge in [0.2, 0.25) is 12.7 Å². The monoisotopic (exact) mass is 388 g/mol. The molecular formula is C20H18F2N2O4. The summed E-state index contributed by atoms with van der Waals surface area (Å²) in [6, 6.07) is 8.43. The van der Waals surface area contributed by atoms with Crippen molar-refractivity contribution in [2.24, 2.45) is 5.92 Å². The molecule has 2 aliphatic rings. The Hall–Kier alpha value is -3.16. The van der Waals surface area contributed by atoms with Crippen molar-refractivity contribution >= 4 is 17.5 Å². The molecule has 8 heteroatoms. The van der Waals surface area contributed by atoms with E-state index < -0.39 is 29.1 Å². The summed E-state index contributed by atoms with van der Waals surface area (Å²) in [5, 5.41) is 2.33. The number of hydrogen-bond acceptors (Lipinski definition) is 4. The number of amides is 2. The third kappa shape index (κ3) is 3.49. The summed E-state index contributed by atoms with van der Waals surface area (Å²) < 4.78 is 37.9. The highest BCUT2D eigenvalue weighted by Gasteiger charge is 2.29. The molecule has 0 radical (unpaired) electrons. The highest BCUT2D eigenvalue weighted by atomic mass is 19.1. The molecule has 1 N–H and O–H groups in total.